The summed E-state index contributed by atoms with van der Waals surface area (Å²) in [6.07, 6.45) is 11.6. The number of piperidine rings is 1. The standard InChI is InChI=1S/C22H33N3O3/c1-24-13-5-8-19(21(24)27)22(28)25-14-11-18(12-15-25)16-23-20(26)10-9-17-6-3-2-4-7-17/h5,8,13,17-18H,2-4,6-7,9-12,14-16H2,1H3,(H,23,26). The van der Waals surface area contributed by atoms with Gasteiger partial charge in [-0.15, -0.1) is 0 Å². The van der Waals surface area contributed by atoms with Gasteiger partial charge < -0.3 is 14.8 Å². The Kier molecular flexibility index (Phi) is 7.29. The van der Waals surface area contributed by atoms with Gasteiger partial charge in [-0.05, 0) is 43.2 Å². The van der Waals surface area contributed by atoms with Gasteiger partial charge in [0.05, 0.1) is 0 Å². The number of aryl methyl sites for hydroxylation is 1. The first-order valence-electron chi connectivity index (χ1n) is 10.8. The van der Waals surface area contributed by atoms with E-state index in [9.17, 15) is 14.4 Å². The highest BCUT2D eigenvalue weighted by atomic mass is 16.2. The Morgan fingerprint density at radius 1 is 1.07 bits per heavy atom. The van der Waals surface area contributed by atoms with Gasteiger partial charge >= 0.3 is 0 Å². The summed E-state index contributed by atoms with van der Waals surface area (Å²) in [6.45, 7) is 1.97. The maximum Gasteiger partial charge on any atom is 0.263 e. The van der Waals surface area contributed by atoms with E-state index in [0.29, 0.717) is 32.0 Å². The van der Waals surface area contributed by atoms with Crippen molar-refractivity contribution in [2.75, 3.05) is 19.6 Å². The lowest BCUT2D eigenvalue weighted by molar-refractivity contribution is -0.121. The molecule has 1 aromatic heterocycles. The number of nitrogens with one attached hydrogen (secondary N) is 1. The van der Waals surface area contributed by atoms with Gasteiger partial charge in [0.15, 0.2) is 0 Å². The second-order valence-electron chi connectivity index (χ2n) is 8.42. The Hall–Kier alpha value is -2.11. The van der Waals surface area contributed by atoms with Crippen LogP contribution in [-0.2, 0) is 11.8 Å². The molecule has 6 nitrogen and oxygen atoms in total. The van der Waals surface area contributed by atoms with Crippen LogP contribution in [0.25, 0.3) is 0 Å². The molecule has 1 N–H and O–H groups in total. The number of rotatable bonds is 6. The fraction of sp³-hybridized carbons (Fsp3) is 0.682. The van der Waals surface area contributed by atoms with E-state index in [1.165, 1.54) is 36.7 Å². The van der Waals surface area contributed by atoms with Gasteiger partial charge in [0, 0.05) is 39.3 Å². The summed E-state index contributed by atoms with van der Waals surface area (Å²) >= 11 is 0. The largest absolute Gasteiger partial charge is 0.356 e. The van der Waals surface area contributed by atoms with E-state index >= 15 is 0 Å². The van der Waals surface area contributed by atoms with E-state index in [2.05, 4.69) is 5.32 Å². The van der Waals surface area contributed by atoms with Gasteiger partial charge in [-0.1, -0.05) is 32.1 Å². The Labute approximate surface area is 167 Å². The molecule has 0 radical (unpaired) electrons. The molecule has 2 fully saturated rings. The van der Waals surface area contributed by atoms with Crippen molar-refractivity contribution in [1.82, 2.24) is 14.8 Å². The van der Waals surface area contributed by atoms with Crippen molar-refractivity contribution in [3.63, 3.8) is 0 Å². The van der Waals surface area contributed by atoms with E-state index in [4.69, 9.17) is 0 Å². The predicted molar refractivity (Wildman–Crippen MR) is 109 cm³/mol. The Morgan fingerprint density at radius 2 is 1.79 bits per heavy atom. The second-order valence-corrected chi connectivity index (χ2v) is 8.42. The third-order valence-electron chi connectivity index (χ3n) is 6.35. The average Bonchev–Trinajstić information content (AvgIpc) is 2.73. The van der Waals surface area contributed by atoms with Crippen LogP contribution in [0.3, 0.4) is 0 Å². The molecule has 1 aliphatic carbocycles. The Morgan fingerprint density at radius 3 is 2.50 bits per heavy atom. The van der Waals surface area contributed by atoms with Crippen LogP contribution in [0, 0.1) is 11.8 Å². The molecule has 6 heteroatoms. The number of carbonyl (C=O) groups excluding carboxylic acids is 2. The molecule has 2 amide bonds. The quantitative estimate of drug-likeness (QED) is 0.816. The number of carbonyl (C=O) groups is 2. The fourth-order valence-electron chi connectivity index (χ4n) is 4.43. The molecule has 0 bridgehead atoms. The second kappa shape index (κ2) is 9.89. The zero-order valence-electron chi connectivity index (χ0n) is 17.0. The van der Waals surface area contributed by atoms with Crippen molar-refractivity contribution in [2.45, 2.75) is 57.8 Å². The molecular weight excluding hydrogens is 354 g/mol. The minimum atomic E-state index is -0.250. The van der Waals surface area contributed by atoms with Gasteiger partial charge in [-0.2, -0.15) is 0 Å². The van der Waals surface area contributed by atoms with Crippen LogP contribution in [0.2, 0.25) is 0 Å². The number of likely N-dealkylation sites (tertiary alicyclic amines) is 1. The van der Waals surface area contributed by atoms with Crippen LogP contribution in [0.5, 0.6) is 0 Å². The molecule has 1 saturated heterocycles. The highest BCUT2D eigenvalue weighted by molar-refractivity contribution is 5.93. The van der Waals surface area contributed by atoms with Gasteiger partial charge in [0.1, 0.15) is 5.56 Å². The van der Waals surface area contributed by atoms with Crippen molar-refractivity contribution in [3.8, 4) is 0 Å². The maximum absolute atomic E-state index is 12.6. The van der Waals surface area contributed by atoms with Crippen LogP contribution in [0.4, 0.5) is 0 Å². The third-order valence-corrected chi connectivity index (χ3v) is 6.35. The number of pyridine rings is 1. The molecule has 0 atom stereocenters. The zero-order valence-corrected chi connectivity index (χ0v) is 17.0. The lowest BCUT2D eigenvalue weighted by atomic mass is 9.86. The van der Waals surface area contributed by atoms with E-state index in [-0.39, 0.29) is 22.9 Å². The molecule has 0 spiro atoms. The lowest BCUT2D eigenvalue weighted by Crippen LogP contribution is -2.43. The Balaban J connectivity index is 1.38. The summed E-state index contributed by atoms with van der Waals surface area (Å²) in [5, 5.41) is 3.09. The molecule has 1 aromatic rings. The number of amides is 2. The van der Waals surface area contributed by atoms with E-state index in [1.807, 2.05) is 0 Å². The minimum Gasteiger partial charge on any atom is -0.356 e. The summed E-state index contributed by atoms with van der Waals surface area (Å²) in [5.74, 6) is 1.12. The molecule has 2 heterocycles. The normalized spacial score (nSPS) is 18.8. The van der Waals surface area contributed by atoms with Gasteiger partial charge in [-0.3, -0.25) is 14.4 Å². The first-order valence-corrected chi connectivity index (χ1v) is 10.8. The first kappa shape index (κ1) is 20.6. The summed E-state index contributed by atoms with van der Waals surface area (Å²) in [5.41, 5.74) is -0.0145. The molecular formula is C22H33N3O3. The van der Waals surface area contributed by atoms with Crippen molar-refractivity contribution < 1.29 is 9.59 Å². The molecule has 3 rings (SSSR count). The third kappa shape index (κ3) is 5.46. The molecule has 0 aromatic carbocycles. The smallest absolute Gasteiger partial charge is 0.263 e. The maximum atomic E-state index is 12.6. The van der Waals surface area contributed by atoms with Crippen LogP contribution in [-0.4, -0.2) is 40.9 Å². The Bertz CT molecular complexity index is 729. The van der Waals surface area contributed by atoms with Crippen LogP contribution in [0.15, 0.2) is 23.1 Å². The summed E-state index contributed by atoms with van der Waals surface area (Å²) in [7, 11) is 1.66. The van der Waals surface area contributed by atoms with E-state index < -0.39 is 0 Å². The predicted octanol–water partition coefficient (Wildman–Crippen LogP) is 2.71. The highest BCUT2D eigenvalue weighted by Crippen LogP contribution is 2.27. The first-order chi connectivity index (χ1) is 13.5. The molecule has 1 aliphatic heterocycles. The number of hydrogen-bond donors (Lipinski definition) is 1. The molecule has 154 valence electrons. The fourth-order valence-corrected chi connectivity index (χ4v) is 4.43. The number of nitrogens with zero attached hydrogens (tertiary/aromatic N) is 2. The van der Waals surface area contributed by atoms with Crippen molar-refractivity contribution in [1.29, 1.82) is 0 Å². The SMILES string of the molecule is Cn1cccc(C(=O)N2CCC(CNC(=O)CCC3CCCCC3)CC2)c1=O. The summed E-state index contributed by atoms with van der Waals surface area (Å²) in [4.78, 5) is 38.7. The van der Waals surface area contributed by atoms with Crippen LogP contribution < -0.4 is 10.9 Å². The zero-order chi connectivity index (χ0) is 19.9. The molecule has 28 heavy (non-hydrogen) atoms. The summed E-state index contributed by atoms with van der Waals surface area (Å²) < 4.78 is 1.43. The summed E-state index contributed by atoms with van der Waals surface area (Å²) in [6, 6.07) is 3.33. The van der Waals surface area contributed by atoms with Crippen molar-refractivity contribution in [3.05, 3.63) is 34.2 Å². The monoisotopic (exact) mass is 387 g/mol. The number of hydrogen-bond acceptors (Lipinski definition) is 3. The van der Waals surface area contributed by atoms with Crippen molar-refractivity contribution >= 4 is 11.8 Å². The van der Waals surface area contributed by atoms with Gasteiger partial charge in [0.2, 0.25) is 5.91 Å². The van der Waals surface area contributed by atoms with Crippen LogP contribution >= 0.6 is 0 Å². The van der Waals surface area contributed by atoms with E-state index in [0.717, 1.165) is 25.2 Å². The lowest BCUT2D eigenvalue weighted by Gasteiger charge is -2.32. The van der Waals surface area contributed by atoms with Gasteiger partial charge in [-0.25, -0.2) is 0 Å². The van der Waals surface area contributed by atoms with Crippen LogP contribution in [0.1, 0.15) is 68.1 Å². The highest BCUT2D eigenvalue weighted by Gasteiger charge is 2.25. The minimum absolute atomic E-state index is 0.164. The average molecular weight is 388 g/mol. The van der Waals surface area contributed by atoms with Gasteiger partial charge in [0.25, 0.3) is 11.5 Å². The van der Waals surface area contributed by atoms with Crippen molar-refractivity contribution in [2.24, 2.45) is 18.9 Å². The molecule has 0 unspecified atom stereocenters. The molecule has 2 aliphatic rings. The topological polar surface area (TPSA) is 71.4 Å². The van der Waals surface area contributed by atoms with E-state index in [1.54, 1.807) is 30.3 Å². The molecule has 1 saturated carbocycles. The number of aromatic nitrogens is 1.